The second-order valence-electron chi connectivity index (χ2n) is 22.8. The molecule has 3 unspecified atom stereocenters. The van der Waals surface area contributed by atoms with Crippen LogP contribution in [0.4, 0.5) is 0 Å². The van der Waals surface area contributed by atoms with Crippen molar-refractivity contribution in [1.82, 2.24) is 0 Å². The van der Waals surface area contributed by atoms with Gasteiger partial charge in [-0.1, -0.05) is 247 Å². The lowest BCUT2D eigenvalue weighted by Crippen LogP contribution is -2.30. The van der Waals surface area contributed by atoms with Gasteiger partial charge in [-0.2, -0.15) is 0 Å². The third-order valence-corrected chi connectivity index (χ3v) is 16.2. The highest BCUT2D eigenvalue weighted by molar-refractivity contribution is 7.47. The molecule has 0 fully saturated rings. The number of hydrogen-bond acceptors (Lipinski definition) is 15. The molecule has 474 valence electrons. The van der Waals surface area contributed by atoms with Crippen molar-refractivity contribution >= 4 is 39.5 Å². The molecule has 0 aliphatic heterocycles. The molecule has 0 bridgehead atoms. The molecule has 0 aromatic heterocycles. The molecule has 0 saturated carbocycles. The van der Waals surface area contributed by atoms with Crippen molar-refractivity contribution in [3.8, 4) is 0 Å². The number of aliphatic hydroxyl groups is 1. The Hall–Kier alpha value is -1.94. The Kier molecular flexibility index (Phi) is 52.5. The molecule has 0 radical (unpaired) electrons. The topological polar surface area (TPSA) is 237 Å². The van der Waals surface area contributed by atoms with Gasteiger partial charge in [0.25, 0.3) is 0 Å². The van der Waals surface area contributed by atoms with E-state index in [0.717, 1.165) is 108 Å². The maximum Gasteiger partial charge on any atom is 0.472 e. The van der Waals surface area contributed by atoms with Crippen LogP contribution in [0.2, 0.25) is 0 Å². The van der Waals surface area contributed by atoms with Crippen LogP contribution in [-0.2, 0) is 65.4 Å². The first kappa shape index (κ1) is 78.1. The van der Waals surface area contributed by atoms with Gasteiger partial charge < -0.3 is 33.8 Å². The number of unbranched alkanes of at least 4 members (excludes halogenated alkanes) is 29. The van der Waals surface area contributed by atoms with Gasteiger partial charge in [-0.25, -0.2) is 9.13 Å². The molecule has 0 heterocycles. The van der Waals surface area contributed by atoms with Crippen molar-refractivity contribution in [2.45, 2.75) is 317 Å². The van der Waals surface area contributed by atoms with E-state index in [4.69, 9.17) is 37.0 Å². The fourth-order valence-electron chi connectivity index (χ4n) is 8.97. The molecule has 19 heteroatoms. The van der Waals surface area contributed by atoms with Crippen LogP contribution in [0, 0.1) is 11.8 Å². The summed E-state index contributed by atoms with van der Waals surface area (Å²) in [7, 11) is -9.86. The summed E-state index contributed by atoms with van der Waals surface area (Å²) < 4.78 is 67.4. The third kappa shape index (κ3) is 54.0. The summed E-state index contributed by atoms with van der Waals surface area (Å²) >= 11 is 0. The van der Waals surface area contributed by atoms with Crippen molar-refractivity contribution in [2.75, 3.05) is 39.6 Å². The Bertz CT molecular complexity index is 1580. The van der Waals surface area contributed by atoms with Gasteiger partial charge in [-0.05, 0) is 37.5 Å². The van der Waals surface area contributed by atoms with Crippen LogP contribution in [0.3, 0.4) is 0 Å². The second kappa shape index (κ2) is 53.8. The molecule has 0 saturated heterocycles. The maximum absolute atomic E-state index is 13.0. The molecule has 0 aromatic carbocycles. The number of ether oxygens (including phenoxy) is 4. The van der Waals surface area contributed by atoms with E-state index in [1.165, 1.54) is 109 Å². The SMILES string of the molecule is CCCCCCCC(=O)OC[C@H](COP(=O)(O)OC[C@H](O)COP(=O)(O)OC[C@@H](COC(=O)CCCCCCCCCCC(C)CC)OC(=O)CCCCCCCCCCCCCCCCCC(C)C)OC(=O)CCCCCCC. The first-order valence-electron chi connectivity index (χ1n) is 32.0. The summed E-state index contributed by atoms with van der Waals surface area (Å²) in [6, 6.07) is 0. The summed E-state index contributed by atoms with van der Waals surface area (Å²) in [5.74, 6) is -0.580. The highest BCUT2D eigenvalue weighted by Crippen LogP contribution is 2.45. The monoisotopic (exact) mass is 1180 g/mol. The van der Waals surface area contributed by atoms with E-state index in [9.17, 15) is 43.2 Å². The van der Waals surface area contributed by atoms with Crippen molar-refractivity contribution in [2.24, 2.45) is 11.8 Å². The van der Waals surface area contributed by atoms with E-state index >= 15 is 0 Å². The minimum absolute atomic E-state index is 0.0985. The van der Waals surface area contributed by atoms with Gasteiger partial charge in [-0.15, -0.1) is 0 Å². The van der Waals surface area contributed by atoms with Crippen molar-refractivity contribution in [1.29, 1.82) is 0 Å². The Morgan fingerprint density at radius 3 is 0.950 bits per heavy atom. The van der Waals surface area contributed by atoms with Crippen LogP contribution in [0.1, 0.15) is 298 Å². The summed E-state index contributed by atoms with van der Waals surface area (Å²) in [6.07, 6.45) is 35.6. The molecule has 0 aliphatic carbocycles. The molecule has 0 aromatic rings. The minimum atomic E-state index is -4.94. The average Bonchev–Trinajstić information content (AvgIpc) is 3.42. The van der Waals surface area contributed by atoms with E-state index in [1.54, 1.807) is 0 Å². The predicted octanol–water partition coefficient (Wildman–Crippen LogP) is 16.5. The smallest absolute Gasteiger partial charge is 0.462 e. The number of aliphatic hydroxyl groups excluding tert-OH is 1. The van der Waals surface area contributed by atoms with Gasteiger partial charge in [0.2, 0.25) is 0 Å². The molecule has 0 rings (SSSR count). The van der Waals surface area contributed by atoms with Crippen molar-refractivity contribution < 1.29 is 80.2 Å². The predicted molar refractivity (Wildman–Crippen MR) is 317 cm³/mol. The van der Waals surface area contributed by atoms with Gasteiger partial charge in [0, 0.05) is 25.7 Å². The lowest BCUT2D eigenvalue weighted by atomic mass is 9.99. The Labute approximate surface area is 486 Å². The van der Waals surface area contributed by atoms with Gasteiger partial charge >= 0.3 is 39.5 Å². The van der Waals surface area contributed by atoms with Crippen LogP contribution in [0.25, 0.3) is 0 Å². The number of phosphoric acid groups is 2. The average molecular weight is 1190 g/mol. The summed E-state index contributed by atoms with van der Waals surface area (Å²) in [4.78, 5) is 71.5. The molecule has 6 atom stereocenters. The molecule has 3 N–H and O–H groups in total. The fraction of sp³-hybridized carbons (Fsp3) is 0.934. The van der Waals surface area contributed by atoms with Crippen LogP contribution in [0.5, 0.6) is 0 Å². The number of phosphoric ester groups is 2. The van der Waals surface area contributed by atoms with Gasteiger partial charge in [0.15, 0.2) is 12.2 Å². The third-order valence-electron chi connectivity index (χ3n) is 14.3. The zero-order chi connectivity index (χ0) is 59.4. The van der Waals surface area contributed by atoms with Crippen LogP contribution in [-0.4, -0.2) is 96.7 Å². The number of hydrogen-bond donors (Lipinski definition) is 3. The minimum Gasteiger partial charge on any atom is -0.462 e. The zero-order valence-corrected chi connectivity index (χ0v) is 53.2. The molecule has 0 spiro atoms. The molecular formula is C61H118O17P2. The molecule has 0 aliphatic rings. The fourth-order valence-corrected chi connectivity index (χ4v) is 10.5. The standard InChI is InChI=1S/C61H118O17P2/c1-7-10-12-29-37-43-58(63)71-49-56(77-60(65)45-39-30-13-11-8-2)51-75-79(67,68)73-47-55(62)48-74-80(69,70)76-52-57(50-72-59(64)44-38-33-27-24-23-26-32-36-42-54(6)9-3)78-61(66)46-40-34-28-22-20-18-16-14-15-17-19-21-25-31-35-41-53(4)5/h53-57,62H,7-52H2,1-6H3,(H,67,68)(H,69,70)/t54?,55-,56+,57+/m0/s1. The summed E-state index contributed by atoms with van der Waals surface area (Å²) in [5.41, 5.74) is 0. The normalized spacial score (nSPS) is 14.7. The highest BCUT2D eigenvalue weighted by Gasteiger charge is 2.30. The molecular weight excluding hydrogens is 1070 g/mol. The van der Waals surface area contributed by atoms with E-state index < -0.39 is 97.5 Å². The Morgan fingerprint density at radius 2 is 0.637 bits per heavy atom. The van der Waals surface area contributed by atoms with E-state index in [1.807, 2.05) is 0 Å². The van der Waals surface area contributed by atoms with Gasteiger partial charge in [-0.3, -0.25) is 37.3 Å². The largest absolute Gasteiger partial charge is 0.472 e. The van der Waals surface area contributed by atoms with E-state index in [-0.39, 0.29) is 25.7 Å². The molecule has 0 amide bonds. The Balaban J connectivity index is 5.10. The second-order valence-corrected chi connectivity index (χ2v) is 25.7. The first-order chi connectivity index (χ1) is 38.4. The maximum atomic E-state index is 13.0. The van der Waals surface area contributed by atoms with Crippen molar-refractivity contribution in [3.05, 3.63) is 0 Å². The highest BCUT2D eigenvalue weighted by atomic mass is 31.2. The number of carbonyl (C=O) groups excluding carboxylic acids is 4. The molecule has 17 nitrogen and oxygen atoms in total. The van der Waals surface area contributed by atoms with Crippen LogP contribution >= 0.6 is 15.6 Å². The Morgan fingerprint density at radius 1 is 0.362 bits per heavy atom. The quantitative estimate of drug-likeness (QED) is 0.0222. The lowest BCUT2D eigenvalue weighted by molar-refractivity contribution is -0.161. The summed E-state index contributed by atoms with van der Waals surface area (Å²) in [5, 5.41) is 10.5. The van der Waals surface area contributed by atoms with E-state index in [2.05, 4.69) is 41.5 Å². The van der Waals surface area contributed by atoms with Gasteiger partial charge in [0.1, 0.15) is 19.3 Å². The number of rotatable bonds is 60. The molecule has 80 heavy (non-hydrogen) atoms. The van der Waals surface area contributed by atoms with E-state index in [0.29, 0.717) is 25.7 Å². The zero-order valence-electron chi connectivity index (χ0n) is 51.4. The first-order valence-corrected chi connectivity index (χ1v) is 35.0. The lowest BCUT2D eigenvalue weighted by Gasteiger charge is -2.21. The van der Waals surface area contributed by atoms with Crippen molar-refractivity contribution in [3.63, 3.8) is 0 Å². The van der Waals surface area contributed by atoms with Crippen LogP contribution in [0.15, 0.2) is 0 Å². The van der Waals surface area contributed by atoms with Gasteiger partial charge in [0.05, 0.1) is 26.4 Å². The number of carbonyl (C=O) groups is 4. The summed E-state index contributed by atoms with van der Waals surface area (Å²) in [6.45, 7) is 9.32. The van der Waals surface area contributed by atoms with Crippen LogP contribution < -0.4 is 0 Å². The number of esters is 4.